The molecule has 22 heavy (non-hydrogen) atoms. The summed E-state index contributed by atoms with van der Waals surface area (Å²) in [5.41, 5.74) is 0. The van der Waals surface area contributed by atoms with Gasteiger partial charge in [0.15, 0.2) is 0 Å². The van der Waals surface area contributed by atoms with Gasteiger partial charge < -0.3 is 0 Å². The van der Waals surface area contributed by atoms with Gasteiger partial charge in [-0.15, -0.1) is 0 Å². The third kappa shape index (κ3) is 1.95. The van der Waals surface area contributed by atoms with Gasteiger partial charge in [-0.2, -0.15) is 0 Å². The van der Waals surface area contributed by atoms with Gasteiger partial charge in [0, 0.05) is 0 Å². The normalized spacial score (nSPS) is 17.5. The molecule has 0 aromatic heterocycles. The molecule has 3 heteroatoms. The van der Waals surface area contributed by atoms with E-state index in [1.807, 2.05) is 60.7 Å². The predicted molar refractivity (Wildman–Crippen MR) is 87.9 cm³/mol. The van der Waals surface area contributed by atoms with Crippen molar-refractivity contribution in [3.8, 4) is 0 Å². The Hall–Kier alpha value is -1.60. The van der Waals surface area contributed by atoms with E-state index in [1.54, 1.807) is 0 Å². The van der Waals surface area contributed by atoms with Gasteiger partial charge in [-0.25, -0.2) is 0 Å². The van der Waals surface area contributed by atoms with Gasteiger partial charge in [-0.05, 0) is 0 Å². The molecule has 0 N–H and O–H groups in total. The zero-order chi connectivity index (χ0) is 15.5. The van der Waals surface area contributed by atoms with Gasteiger partial charge in [0.2, 0.25) is 0 Å². The van der Waals surface area contributed by atoms with Gasteiger partial charge in [-0.1, -0.05) is 0 Å². The SMILES string of the molecule is O=[CH][Ru]([CH]=O)([c]1ccccc1)([c]1ccccc1)[CH]1CCCC1. The number of hydrogen-bond donors (Lipinski definition) is 0. The second kappa shape index (κ2) is 5.89. The van der Waals surface area contributed by atoms with Crippen LogP contribution in [0.1, 0.15) is 25.7 Å². The van der Waals surface area contributed by atoms with Crippen LogP contribution in [0.25, 0.3) is 0 Å². The maximum absolute atomic E-state index is 12.6. The number of rotatable bonds is 5. The van der Waals surface area contributed by atoms with Crippen molar-refractivity contribution in [2.75, 3.05) is 0 Å². The molecule has 0 unspecified atom stereocenters. The summed E-state index contributed by atoms with van der Waals surface area (Å²) in [5.74, 6) is 0. The van der Waals surface area contributed by atoms with Gasteiger partial charge in [0.05, 0.1) is 0 Å². The van der Waals surface area contributed by atoms with Crippen LogP contribution in [-0.2, 0) is 23.2 Å². The van der Waals surface area contributed by atoms with E-state index < -0.39 is 13.6 Å². The molecule has 117 valence electrons. The summed E-state index contributed by atoms with van der Waals surface area (Å²) in [6.07, 6.45) is 4.18. The van der Waals surface area contributed by atoms with Crippen LogP contribution < -0.4 is 8.32 Å². The molecule has 0 heterocycles. The van der Waals surface area contributed by atoms with Gasteiger partial charge in [0.25, 0.3) is 0 Å². The van der Waals surface area contributed by atoms with Crippen molar-refractivity contribution in [2.45, 2.75) is 30.2 Å². The van der Waals surface area contributed by atoms with Crippen LogP contribution in [0.4, 0.5) is 0 Å². The zero-order valence-electron chi connectivity index (χ0n) is 12.5. The molecule has 0 aliphatic heterocycles. The Morgan fingerprint density at radius 3 is 1.50 bits per heavy atom. The fraction of sp³-hybridized carbons (Fsp3) is 0.263. The second-order valence-corrected chi connectivity index (χ2v) is 15.1. The quantitative estimate of drug-likeness (QED) is 0.588. The molecule has 0 saturated heterocycles. The minimum absolute atomic E-state index is 0.191. The summed E-state index contributed by atoms with van der Waals surface area (Å²) >= 11 is -4.15. The summed E-state index contributed by atoms with van der Waals surface area (Å²) in [6.45, 7) is 0. The van der Waals surface area contributed by atoms with E-state index in [9.17, 15) is 9.59 Å². The summed E-state index contributed by atoms with van der Waals surface area (Å²) in [7, 11) is 0. The molecular weight excluding hydrogens is 361 g/mol. The molecule has 0 amide bonds. The van der Waals surface area contributed by atoms with Crippen LogP contribution in [0, 0.1) is 0 Å². The monoisotopic (exact) mass is 383 g/mol. The van der Waals surface area contributed by atoms with E-state index in [0.29, 0.717) is 0 Å². The number of benzene rings is 2. The first kappa shape index (κ1) is 15.3. The molecule has 2 aromatic rings. The average Bonchev–Trinajstić information content (AvgIpc) is 3.15. The van der Waals surface area contributed by atoms with E-state index >= 15 is 0 Å². The van der Waals surface area contributed by atoms with E-state index in [4.69, 9.17) is 0 Å². The molecule has 0 spiro atoms. The first-order valence-corrected chi connectivity index (χ1v) is 12.3. The summed E-state index contributed by atoms with van der Waals surface area (Å²) in [4.78, 5) is 27.4. The predicted octanol–water partition coefficient (Wildman–Crippen LogP) is 3.07. The molecule has 1 aliphatic rings. The first-order chi connectivity index (χ1) is 10.8. The Bertz CT molecular complexity index is 609. The standard InChI is InChI=1S/2C6H5.C5H9.2CHO.Ru/c2*1-2-4-6-5-3-1;1-2-4-5-3-1;2*1-2;/h2*1-5H;1H,2-5H2;2*1H;. The summed E-state index contributed by atoms with van der Waals surface area (Å²) in [5, 5.41) is 0. The van der Waals surface area contributed by atoms with Gasteiger partial charge in [-0.3, -0.25) is 0 Å². The Labute approximate surface area is 132 Å². The van der Waals surface area contributed by atoms with Crippen LogP contribution in [0.15, 0.2) is 60.7 Å². The molecule has 0 radical (unpaired) electrons. The van der Waals surface area contributed by atoms with Crippen molar-refractivity contribution in [1.29, 1.82) is 0 Å². The van der Waals surface area contributed by atoms with Crippen LogP contribution in [0.5, 0.6) is 0 Å². The fourth-order valence-corrected chi connectivity index (χ4v) is 13.5. The molecule has 0 atom stereocenters. The van der Waals surface area contributed by atoms with E-state index in [0.717, 1.165) is 43.8 Å². The molecule has 0 bridgehead atoms. The average molecular weight is 382 g/mol. The third-order valence-electron chi connectivity index (χ3n) is 4.61. The van der Waals surface area contributed by atoms with Gasteiger partial charge in [0.1, 0.15) is 0 Å². The van der Waals surface area contributed by atoms with Crippen molar-refractivity contribution in [3.05, 3.63) is 60.7 Å². The molecule has 1 fully saturated rings. The molecule has 1 aliphatic carbocycles. The Morgan fingerprint density at radius 2 is 1.14 bits per heavy atom. The Morgan fingerprint density at radius 1 is 0.727 bits per heavy atom. The summed E-state index contributed by atoms with van der Waals surface area (Å²) < 4.78 is 2.11. The van der Waals surface area contributed by atoms with E-state index in [2.05, 4.69) is 0 Å². The van der Waals surface area contributed by atoms with Crippen molar-refractivity contribution >= 4 is 18.1 Å². The molecular formula is C19H21O2Ru. The first-order valence-electron chi connectivity index (χ1n) is 7.58. The molecule has 1 saturated carbocycles. The number of carbonyl (C=O) groups is 2. The van der Waals surface area contributed by atoms with Crippen LogP contribution in [-0.4, -0.2) is 9.76 Å². The van der Waals surface area contributed by atoms with Crippen molar-refractivity contribution in [2.24, 2.45) is 0 Å². The van der Waals surface area contributed by atoms with Gasteiger partial charge >= 0.3 is 132 Å². The minimum atomic E-state index is -4.15. The van der Waals surface area contributed by atoms with Crippen molar-refractivity contribution in [3.63, 3.8) is 0 Å². The Kier molecular flexibility index (Phi) is 4.10. The zero-order valence-corrected chi connectivity index (χ0v) is 14.2. The van der Waals surface area contributed by atoms with Crippen LogP contribution in [0.2, 0.25) is 4.51 Å². The van der Waals surface area contributed by atoms with Crippen molar-refractivity contribution < 1.29 is 23.2 Å². The van der Waals surface area contributed by atoms with Crippen LogP contribution in [0.3, 0.4) is 0 Å². The van der Waals surface area contributed by atoms with Crippen LogP contribution >= 0.6 is 0 Å². The number of carbonyl (C=O) groups excluding carboxylic acids is 2. The topological polar surface area (TPSA) is 34.1 Å². The molecule has 2 aromatic carbocycles. The van der Waals surface area contributed by atoms with Crippen molar-refractivity contribution in [1.82, 2.24) is 0 Å². The summed E-state index contributed by atoms with van der Waals surface area (Å²) in [6, 6.07) is 19.6. The molecule has 2 nitrogen and oxygen atoms in total. The van der Waals surface area contributed by atoms with E-state index in [1.165, 1.54) is 0 Å². The Balaban J connectivity index is 2.38. The second-order valence-electron chi connectivity index (χ2n) is 5.65. The third-order valence-corrected chi connectivity index (χ3v) is 16.1. The fourth-order valence-electron chi connectivity index (χ4n) is 3.45. The molecule has 3 rings (SSSR count). The maximum atomic E-state index is 12.6. The number of hydrogen-bond acceptors (Lipinski definition) is 2. The van der Waals surface area contributed by atoms with E-state index in [-0.39, 0.29) is 4.51 Å².